The van der Waals surface area contributed by atoms with Crippen LogP contribution in [-0.2, 0) is 19.1 Å². The lowest BCUT2D eigenvalue weighted by molar-refractivity contribution is -0.159. The molecular formula is C8H12BrNO4. The third kappa shape index (κ3) is 2.45. The van der Waals surface area contributed by atoms with Crippen LogP contribution < -0.4 is 0 Å². The van der Waals surface area contributed by atoms with E-state index in [4.69, 9.17) is 4.74 Å². The van der Waals surface area contributed by atoms with Crippen LogP contribution >= 0.6 is 15.9 Å². The summed E-state index contributed by atoms with van der Waals surface area (Å²) in [5, 5.41) is 0.209. The molecule has 80 valence electrons. The molecule has 0 saturated carbocycles. The Morgan fingerprint density at radius 1 is 1.64 bits per heavy atom. The molecule has 0 aromatic heterocycles. The van der Waals surface area contributed by atoms with Gasteiger partial charge in [0.05, 0.1) is 25.7 Å². The Labute approximate surface area is 90.5 Å². The van der Waals surface area contributed by atoms with E-state index in [1.54, 1.807) is 0 Å². The van der Waals surface area contributed by atoms with Gasteiger partial charge in [-0.1, -0.05) is 15.9 Å². The molecule has 1 heterocycles. The van der Waals surface area contributed by atoms with Gasteiger partial charge in [0.1, 0.15) is 0 Å². The molecule has 0 aromatic rings. The van der Waals surface area contributed by atoms with Gasteiger partial charge in [-0.15, -0.1) is 0 Å². The number of ether oxygens (including phenoxy) is 2. The molecule has 0 spiro atoms. The van der Waals surface area contributed by atoms with Crippen molar-refractivity contribution < 1.29 is 19.1 Å². The number of halogens is 1. The maximum Gasteiger partial charge on any atom is 0.331 e. The highest BCUT2D eigenvalue weighted by atomic mass is 79.9. The zero-order valence-corrected chi connectivity index (χ0v) is 9.45. The van der Waals surface area contributed by atoms with Crippen molar-refractivity contribution in [3.63, 3.8) is 0 Å². The van der Waals surface area contributed by atoms with Gasteiger partial charge in [-0.2, -0.15) is 0 Å². The summed E-state index contributed by atoms with van der Waals surface area (Å²) in [4.78, 5) is 24.2. The molecular weight excluding hydrogens is 254 g/mol. The lowest BCUT2D eigenvalue weighted by Gasteiger charge is -2.33. The topological polar surface area (TPSA) is 55.8 Å². The smallest absolute Gasteiger partial charge is 0.331 e. The lowest BCUT2D eigenvalue weighted by atomic mass is 10.2. The number of hydrogen-bond donors (Lipinski definition) is 0. The van der Waals surface area contributed by atoms with Crippen molar-refractivity contribution >= 4 is 27.8 Å². The van der Waals surface area contributed by atoms with Gasteiger partial charge in [-0.3, -0.25) is 4.79 Å². The molecule has 1 aliphatic rings. The van der Waals surface area contributed by atoms with Crippen LogP contribution in [0, 0.1) is 0 Å². The van der Waals surface area contributed by atoms with Crippen LogP contribution in [0.4, 0.5) is 0 Å². The number of amides is 1. The standard InChI is InChI=1S/C8H12BrNO4/c1-13-8(12)6-5-14-3-2-10(6)7(11)4-9/h6H,2-5H2,1H3. The summed E-state index contributed by atoms with van der Waals surface area (Å²) in [7, 11) is 1.30. The third-order valence-corrected chi connectivity index (χ3v) is 2.52. The summed E-state index contributed by atoms with van der Waals surface area (Å²) in [5.74, 6) is -0.553. The van der Waals surface area contributed by atoms with Gasteiger partial charge in [0.25, 0.3) is 0 Å². The Bertz CT molecular complexity index is 209. The van der Waals surface area contributed by atoms with Crippen LogP contribution in [-0.4, -0.2) is 55.0 Å². The molecule has 1 fully saturated rings. The van der Waals surface area contributed by atoms with E-state index in [2.05, 4.69) is 20.7 Å². The zero-order chi connectivity index (χ0) is 10.6. The maximum absolute atomic E-state index is 11.4. The summed E-state index contributed by atoms with van der Waals surface area (Å²) in [6, 6.07) is -0.598. The van der Waals surface area contributed by atoms with E-state index in [9.17, 15) is 9.59 Å². The summed E-state index contributed by atoms with van der Waals surface area (Å²) in [6.07, 6.45) is 0. The fourth-order valence-electron chi connectivity index (χ4n) is 1.31. The molecule has 1 saturated heterocycles. The van der Waals surface area contributed by atoms with E-state index < -0.39 is 12.0 Å². The molecule has 1 aliphatic heterocycles. The van der Waals surface area contributed by atoms with E-state index in [-0.39, 0.29) is 17.8 Å². The zero-order valence-electron chi connectivity index (χ0n) is 7.86. The highest BCUT2D eigenvalue weighted by Crippen LogP contribution is 2.09. The fraction of sp³-hybridized carbons (Fsp3) is 0.750. The van der Waals surface area contributed by atoms with Gasteiger partial charge in [-0.25, -0.2) is 4.79 Å². The number of nitrogens with zero attached hydrogens (tertiary/aromatic N) is 1. The molecule has 1 rings (SSSR count). The minimum atomic E-state index is -0.598. The van der Waals surface area contributed by atoms with E-state index in [1.165, 1.54) is 12.0 Å². The molecule has 0 N–H and O–H groups in total. The van der Waals surface area contributed by atoms with Crippen LogP contribution in [0.15, 0.2) is 0 Å². The number of carbonyl (C=O) groups excluding carboxylic acids is 2. The van der Waals surface area contributed by atoms with Crippen LogP contribution in [0.2, 0.25) is 0 Å². The molecule has 1 unspecified atom stereocenters. The summed E-state index contributed by atoms with van der Waals surface area (Å²) in [6.45, 7) is 1.11. The van der Waals surface area contributed by atoms with Gasteiger partial charge in [0.15, 0.2) is 6.04 Å². The SMILES string of the molecule is COC(=O)C1COCCN1C(=O)CBr. The highest BCUT2D eigenvalue weighted by molar-refractivity contribution is 9.09. The number of carbonyl (C=O) groups is 2. The van der Waals surface area contributed by atoms with Gasteiger partial charge >= 0.3 is 5.97 Å². The highest BCUT2D eigenvalue weighted by Gasteiger charge is 2.32. The fourth-order valence-corrected chi connectivity index (χ4v) is 1.63. The van der Waals surface area contributed by atoms with Crippen LogP contribution in [0.1, 0.15) is 0 Å². The number of hydrogen-bond acceptors (Lipinski definition) is 4. The number of morpholine rings is 1. The van der Waals surface area contributed by atoms with Crippen LogP contribution in [0.3, 0.4) is 0 Å². The average Bonchev–Trinajstić information content (AvgIpc) is 2.27. The molecule has 0 radical (unpaired) electrons. The Balaban J connectivity index is 2.68. The number of esters is 1. The number of alkyl halides is 1. The first-order valence-corrected chi connectivity index (χ1v) is 5.34. The Morgan fingerprint density at radius 2 is 2.36 bits per heavy atom. The number of methoxy groups -OCH3 is 1. The first-order chi connectivity index (χ1) is 6.70. The van der Waals surface area contributed by atoms with Crippen LogP contribution in [0.5, 0.6) is 0 Å². The second-order valence-electron chi connectivity index (χ2n) is 2.83. The molecule has 6 heteroatoms. The van der Waals surface area contributed by atoms with E-state index in [1.807, 2.05) is 0 Å². The minimum Gasteiger partial charge on any atom is -0.467 e. The Kier molecular flexibility index (Phi) is 4.34. The minimum absolute atomic E-state index is 0.122. The van der Waals surface area contributed by atoms with Crippen molar-refractivity contribution in [3.05, 3.63) is 0 Å². The third-order valence-electron chi connectivity index (χ3n) is 2.04. The first kappa shape index (κ1) is 11.5. The molecule has 14 heavy (non-hydrogen) atoms. The van der Waals surface area contributed by atoms with Gasteiger partial charge < -0.3 is 14.4 Å². The van der Waals surface area contributed by atoms with Crippen molar-refractivity contribution in [3.8, 4) is 0 Å². The average molecular weight is 266 g/mol. The molecule has 0 aromatic carbocycles. The Hall–Kier alpha value is -0.620. The van der Waals surface area contributed by atoms with Gasteiger partial charge in [0, 0.05) is 6.54 Å². The number of rotatable bonds is 2. The second-order valence-corrected chi connectivity index (χ2v) is 3.40. The largest absolute Gasteiger partial charge is 0.467 e. The summed E-state index contributed by atoms with van der Waals surface area (Å²) in [5.41, 5.74) is 0. The van der Waals surface area contributed by atoms with E-state index >= 15 is 0 Å². The summed E-state index contributed by atoms with van der Waals surface area (Å²) < 4.78 is 9.71. The lowest BCUT2D eigenvalue weighted by Crippen LogP contribution is -2.53. The molecule has 0 bridgehead atoms. The van der Waals surface area contributed by atoms with Crippen molar-refractivity contribution in [1.29, 1.82) is 0 Å². The van der Waals surface area contributed by atoms with Crippen molar-refractivity contribution in [2.45, 2.75) is 6.04 Å². The Morgan fingerprint density at radius 3 is 2.93 bits per heavy atom. The van der Waals surface area contributed by atoms with Gasteiger partial charge in [0.2, 0.25) is 5.91 Å². The quantitative estimate of drug-likeness (QED) is 0.512. The predicted molar refractivity (Wildman–Crippen MR) is 52.1 cm³/mol. The maximum atomic E-state index is 11.4. The molecule has 0 aliphatic carbocycles. The van der Waals surface area contributed by atoms with Gasteiger partial charge in [-0.05, 0) is 0 Å². The van der Waals surface area contributed by atoms with Crippen molar-refractivity contribution in [2.75, 3.05) is 32.2 Å². The molecule has 5 nitrogen and oxygen atoms in total. The van der Waals surface area contributed by atoms with Crippen molar-refractivity contribution in [1.82, 2.24) is 4.90 Å². The summed E-state index contributed by atoms with van der Waals surface area (Å²) >= 11 is 3.06. The molecule has 1 amide bonds. The normalized spacial score (nSPS) is 21.9. The van der Waals surface area contributed by atoms with Crippen LogP contribution in [0.25, 0.3) is 0 Å². The van der Waals surface area contributed by atoms with E-state index in [0.717, 1.165) is 0 Å². The van der Waals surface area contributed by atoms with Crippen molar-refractivity contribution in [2.24, 2.45) is 0 Å². The predicted octanol–water partition coefficient (Wildman–Crippen LogP) is -0.218. The monoisotopic (exact) mass is 265 g/mol. The van der Waals surface area contributed by atoms with E-state index in [0.29, 0.717) is 13.2 Å². The second kappa shape index (κ2) is 5.31. The first-order valence-electron chi connectivity index (χ1n) is 4.21. The molecule has 1 atom stereocenters.